The number of carbonyl (C=O) groups excluding carboxylic acids is 1. The lowest BCUT2D eigenvalue weighted by Gasteiger charge is -2.07. The van der Waals surface area contributed by atoms with Crippen LogP contribution in [0.15, 0.2) is 59.9 Å². The third kappa shape index (κ3) is 5.18. The van der Waals surface area contributed by atoms with Crippen molar-refractivity contribution in [1.82, 2.24) is 9.97 Å². The quantitative estimate of drug-likeness (QED) is 0.152. The van der Waals surface area contributed by atoms with E-state index in [1.54, 1.807) is 12.1 Å². The zero-order valence-electron chi connectivity index (χ0n) is 13.8. The molecule has 0 fully saturated rings. The lowest BCUT2D eigenvalue weighted by Crippen LogP contribution is -2.12. The summed E-state index contributed by atoms with van der Waals surface area (Å²) < 4.78 is 6.40. The number of halogens is 2. The summed E-state index contributed by atoms with van der Waals surface area (Å²) in [5.41, 5.74) is 2.42. The summed E-state index contributed by atoms with van der Waals surface area (Å²) in [5, 5.41) is 0.644. The van der Waals surface area contributed by atoms with Gasteiger partial charge in [-0.25, -0.2) is 14.8 Å². The summed E-state index contributed by atoms with van der Waals surface area (Å²) in [6, 6.07) is 15.4. The minimum absolute atomic E-state index is 0.0620. The normalized spacial score (nSPS) is 10.6. The molecule has 132 valence electrons. The Morgan fingerprint density at radius 1 is 1.23 bits per heavy atom. The highest BCUT2D eigenvalue weighted by molar-refractivity contribution is 14.1. The minimum Gasteiger partial charge on any atom is -0.422 e. The first-order valence-corrected chi connectivity index (χ1v) is 10.1. The van der Waals surface area contributed by atoms with Crippen molar-refractivity contribution in [3.05, 3.63) is 80.1 Å². The smallest absolute Gasteiger partial charge is 0.364 e. The third-order valence-electron chi connectivity index (χ3n) is 3.39. The highest BCUT2D eigenvalue weighted by Gasteiger charge is 2.17. The molecule has 0 saturated carbocycles. The Balaban J connectivity index is 1.72. The Morgan fingerprint density at radius 3 is 2.73 bits per heavy atom. The van der Waals surface area contributed by atoms with E-state index < -0.39 is 5.97 Å². The van der Waals surface area contributed by atoms with E-state index in [-0.39, 0.29) is 10.7 Å². The standard InChI is InChI=1S/C19H14ClIN2O2S/c1-12-3-2-4-13(9-12)11-26-19-22-10-16(20)17(23-19)18(24)25-15-7-5-14(21)6-8-15/h2-10H,11H2,1H3. The number of hydrogen-bond donors (Lipinski definition) is 0. The monoisotopic (exact) mass is 496 g/mol. The van der Waals surface area contributed by atoms with Crippen LogP contribution < -0.4 is 4.74 Å². The van der Waals surface area contributed by atoms with E-state index in [0.717, 1.165) is 9.13 Å². The predicted octanol–water partition coefficient (Wildman–Crippen LogP) is 5.55. The van der Waals surface area contributed by atoms with Gasteiger partial charge in [-0.05, 0) is 59.3 Å². The predicted molar refractivity (Wildman–Crippen MR) is 112 cm³/mol. The fourth-order valence-electron chi connectivity index (χ4n) is 2.17. The highest BCUT2D eigenvalue weighted by atomic mass is 127. The van der Waals surface area contributed by atoms with Crippen molar-refractivity contribution < 1.29 is 9.53 Å². The van der Waals surface area contributed by atoms with Crippen molar-refractivity contribution >= 4 is 51.9 Å². The van der Waals surface area contributed by atoms with Crippen molar-refractivity contribution in [2.24, 2.45) is 0 Å². The van der Waals surface area contributed by atoms with Crippen molar-refractivity contribution in [2.45, 2.75) is 17.8 Å². The van der Waals surface area contributed by atoms with Gasteiger partial charge in [0.25, 0.3) is 0 Å². The van der Waals surface area contributed by atoms with Crippen molar-refractivity contribution in [2.75, 3.05) is 0 Å². The number of aryl methyl sites for hydroxylation is 1. The van der Waals surface area contributed by atoms with Gasteiger partial charge >= 0.3 is 5.97 Å². The van der Waals surface area contributed by atoms with Gasteiger partial charge in [-0.2, -0.15) is 0 Å². The summed E-state index contributed by atoms with van der Waals surface area (Å²) in [6.07, 6.45) is 1.43. The van der Waals surface area contributed by atoms with Gasteiger partial charge in [-0.3, -0.25) is 0 Å². The second-order valence-corrected chi connectivity index (χ2v) is 8.07. The maximum Gasteiger partial charge on any atom is 0.364 e. The molecule has 0 aliphatic rings. The molecule has 4 nitrogen and oxygen atoms in total. The van der Waals surface area contributed by atoms with Crippen molar-refractivity contribution in [1.29, 1.82) is 0 Å². The largest absolute Gasteiger partial charge is 0.422 e. The van der Waals surface area contributed by atoms with E-state index in [4.69, 9.17) is 16.3 Å². The molecule has 1 aromatic heterocycles. The summed E-state index contributed by atoms with van der Waals surface area (Å²) in [7, 11) is 0. The van der Waals surface area contributed by atoms with E-state index in [2.05, 4.69) is 38.6 Å². The van der Waals surface area contributed by atoms with E-state index in [9.17, 15) is 4.79 Å². The van der Waals surface area contributed by atoms with Gasteiger partial charge in [0.05, 0.1) is 11.2 Å². The molecule has 1 heterocycles. The Bertz CT molecular complexity index is 935. The molecule has 0 atom stereocenters. The number of nitrogens with zero attached hydrogens (tertiary/aromatic N) is 2. The average Bonchev–Trinajstić information content (AvgIpc) is 2.63. The van der Waals surface area contributed by atoms with Gasteiger partial charge in [-0.15, -0.1) is 0 Å². The SMILES string of the molecule is Cc1cccc(CSc2ncc(Cl)c(C(=O)Oc3ccc(I)cc3)n2)c1. The number of benzene rings is 2. The van der Waals surface area contributed by atoms with Crippen LogP contribution in [-0.4, -0.2) is 15.9 Å². The first kappa shape index (κ1) is 19.1. The second kappa shape index (κ2) is 8.83. The van der Waals surface area contributed by atoms with Crippen LogP contribution >= 0.6 is 46.0 Å². The number of hydrogen-bond acceptors (Lipinski definition) is 5. The molecular weight excluding hydrogens is 483 g/mol. The Labute approximate surface area is 174 Å². The lowest BCUT2D eigenvalue weighted by molar-refractivity contribution is 0.0727. The van der Waals surface area contributed by atoms with Crippen molar-refractivity contribution in [3.63, 3.8) is 0 Å². The molecule has 3 rings (SSSR count). The van der Waals surface area contributed by atoms with Gasteiger partial charge in [0.2, 0.25) is 0 Å². The number of thioether (sulfide) groups is 1. The Hall–Kier alpha value is -1.64. The molecule has 0 aliphatic carbocycles. The summed E-state index contributed by atoms with van der Waals surface area (Å²) in [5.74, 6) is 0.546. The van der Waals surface area contributed by atoms with E-state index in [1.165, 1.54) is 23.5 Å². The number of rotatable bonds is 5. The lowest BCUT2D eigenvalue weighted by atomic mass is 10.2. The number of carbonyl (C=O) groups is 1. The molecule has 26 heavy (non-hydrogen) atoms. The number of esters is 1. The number of aromatic nitrogens is 2. The average molecular weight is 497 g/mol. The third-order valence-corrected chi connectivity index (χ3v) is 5.32. The van der Waals surface area contributed by atoms with Crippen LogP contribution in [-0.2, 0) is 5.75 Å². The summed E-state index contributed by atoms with van der Waals surface area (Å²) in [4.78, 5) is 20.8. The molecule has 2 aromatic carbocycles. The molecule has 7 heteroatoms. The van der Waals surface area contributed by atoms with Gasteiger partial charge in [0.1, 0.15) is 5.75 Å². The fourth-order valence-corrected chi connectivity index (χ4v) is 3.46. The highest BCUT2D eigenvalue weighted by Crippen LogP contribution is 2.23. The van der Waals surface area contributed by atoms with Gasteiger partial charge in [-0.1, -0.05) is 53.2 Å². The maximum atomic E-state index is 12.4. The van der Waals surface area contributed by atoms with E-state index in [1.807, 2.05) is 37.3 Å². The van der Waals surface area contributed by atoms with Gasteiger partial charge < -0.3 is 4.74 Å². The van der Waals surface area contributed by atoms with Crippen LogP contribution in [0.3, 0.4) is 0 Å². The second-order valence-electron chi connectivity index (χ2n) is 5.47. The molecule has 0 bridgehead atoms. The Morgan fingerprint density at radius 2 is 2.00 bits per heavy atom. The molecule has 0 amide bonds. The maximum absolute atomic E-state index is 12.4. The zero-order valence-corrected chi connectivity index (χ0v) is 17.5. The van der Waals surface area contributed by atoms with Crippen LogP contribution in [0.5, 0.6) is 5.75 Å². The first-order chi connectivity index (χ1) is 12.5. The van der Waals surface area contributed by atoms with Crippen molar-refractivity contribution in [3.8, 4) is 5.75 Å². The summed E-state index contributed by atoms with van der Waals surface area (Å²) in [6.45, 7) is 2.05. The van der Waals surface area contributed by atoms with Crippen LogP contribution in [0.25, 0.3) is 0 Å². The van der Waals surface area contributed by atoms with Crippen LogP contribution in [0.4, 0.5) is 0 Å². The molecule has 0 aliphatic heterocycles. The van der Waals surface area contributed by atoms with Crippen LogP contribution in [0, 0.1) is 10.5 Å². The van der Waals surface area contributed by atoms with Gasteiger partial charge in [0, 0.05) is 9.32 Å². The van der Waals surface area contributed by atoms with E-state index >= 15 is 0 Å². The topological polar surface area (TPSA) is 52.1 Å². The summed E-state index contributed by atoms with van der Waals surface area (Å²) >= 11 is 9.71. The fraction of sp³-hybridized carbons (Fsp3) is 0.105. The molecule has 0 N–H and O–H groups in total. The van der Waals surface area contributed by atoms with Crippen LogP contribution in [0.1, 0.15) is 21.6 Å². The Kier molecular flexibility index (Phi) is 6.50. The molecule has 0 unspecified atom stereocenters. The minimum atomic E-state index is -0.601. The molecular formula is C19H14ClIN2O2S. The first-order valence-electron chi connectivity index (χ1n) is 7.70. The zero-order chi connectivity index (χ0) is 18.5. The van der Waals surface area contributed by atoms with Gasteiger partial charge in [0.15, 0.2) is 10.9 Å². The van der Waals surface area contributed by atoms with Crippen LogP contribution in [0.2, 0.25) is 5.02 Å². The molecule has 3 aromatic rings. The molecule has 0 radical (unpaired) electrons. The molecule has 0 saturated heterocycles. The number of ether oxygens (including phenoxy) is 1. The van der Waals surface area contributed by atoms with E-state index in [0.29, 0.717) is 16.7 Å². The molecule has 0 spiro atoms.